The van der Waals surface area contributed by atoms with Crippen molar-refractivity contribution in [1.82, 2.24) is 0 Å². The summed E-state index contributed by atoms with van der Waals surface area (Å²) < 4.78 is 6.22. The summed E-state index contributed by atoms with van der Waals surface area (Å²) in [5, 5.41) is 34.6. The van der Waals surface area contributed by atoms with Crippen LogP contribution >= 0.6 is 0 Å². The molecule has 2 N–H and O–H groups in total. The first-order chi connectivity index (χ1) is 22.1. The number of phenols is 1. The van der Waals surface area contributed by atoms with Crippen LogP contribution in [0.1, 0.15) is 58.4 Å². The van der Waals surface area contributed by atoms with E-state index in [2.05, 4.69) is 26.8 Å². The molecule has 10 heteroatoms. The summed E-state index contributed by atoms with van der Waals surface area (Å²) in [4.78, 5) is 39.8. The molecule has 0 saturated carbocycles. The van der Waals surface area contributed by atoms with Crippen molar-refractivity contribution in [1.29, 1.82) is 0 Å². The molecule has 2 heterocycles. The van der Waals surface area contributed by atoms with Crippen LogP contribution in [0.5, 0.6) is 5.75 Å². The highest BCUT2D eigenvalue weighted by molar-refractivity contribution is 6.43. The van der Waals surface area contributed by atoms with E-state index in [1.54, 1.807) is 12.1 Å². The molecule has 3 aliphatic rings. The van der Waals surface area contributed by atoms with E-state index in [1.165, 1.54) is 23.8 Å². The van der Waals surface area contributed by atoms with Crippen LogP contribution in [0.25, 0.3) is 16.8 Å². The highest BCUT2D eigenvalue weighted by Crippen LogP contribution is 2.52. The molecule has 238 valence electrons. The number of aromatic hydroxyl groups is 1. The number of nitro groups is 1. The predicted molar refractivity (Wildman–Crippen MR) is 178 cm³/mol. The van der Waals surface area contributed by atoms with Gasteiger partial charge in [-0.2, -0.15) is 0 Å². The van der Waals surface area contributed by atoms with Crippen molar-refractivity contribution < 1.29 is 29.3 Å². The van der Waals surface area contributed by atoms with Gasteiger partial charge in [-0.1, -0.05) is 80.8 Å². The Morgan fingerprint density at radius 2 is 1.83 bits per heavy atom. The average Bonchev–Trinajstić information content (AvgIpc) is 3.29. The molecule has 6 rings (SSSR count). The van der Waals surface area contributed by atoms with Gasteiger partial charge in [0.05, 0.1) is 28.6 Å². The molecule has 0 bridgehead atoms. The van der Waals surface area contributed by atoms with Crippen molar-refractivity contribution in [3.8, 4) is 5.75 Å². The smallest absolute Gasteiger partial charge is 0.455 e. The molecule has 4 atom stereocenters. The Bertz CT molecular complexity index is 1770. The van der Waals surface area contributed by atoms with Crippen molar-refractivity contribution in [2.75, 3.05) is 4.90 Å². The van der Waals surface area contributed by atoms with Gasteiger partial charge >= 0.3 is 7.12 Å². The van der Waals surface area contributed by atoms with E-state index in [4.69, 9.17) is 4.65 Å². The number of carbonyl (C=O) groups excluding carboxylic acids is 2. The Labute approximate surface area is 268 Å². The van der Waals surface area contributed by atoms with E-state index in [9.17, 15) is 29.8 Å². The number of fused-ring (bicyclic) bond motifs is 4. The Morgan fingerprint density at radius 1 is 1.07 bits per heavy atom. The lowest BCUT2D eigenvalue weighted by molar-refractivity contribution is -0.384. The third kappa shape index (κ3) is 5.76. The van der Waals surface area contributed by atoms with Gasteiger partial charge in [0, 0.05) is 17.5 Å². The number of rotatable bonds is 9. The van der Waals surface area contributed by atoms with Crippen LogP contribution in [0, 0.1) is 33.8 Å². The zero-order chi connectivity index (χ0) is 32.7. The Morgan fingerprint density at radius 3 is 2.54 bits per heavy atom. The summed E-state index contributed by atoms with van der Waals surface area (Å²) >= 11 is 0. The first-order valence-electron chi connectivity index (χ1n) is 16.2. The topological polar surface area (TPSA) is 130 Å². The van der Waals surface area contributed by atoms with Crippen LogP contribution in [0.3, 0.4) is 0 Å². The van der Waals surface area contributed by atoms with E-state index in [-0.39, 0.29) is 47.1 Å². The van der Waals surface area contributed by atoms with E-state index >= 15 is 0 Å². The summed E-state index contributed by atoms with van der Waals surface area (Å²) in [6.45, 7) is 6.30. The van der Waals surface area contributed by atoms with Crippen LogP contribution in [-0.4, -0.2) is 40.1 Å². The number of imide groups is 1. The fraction of sp³-hybridized carbons (Fsp3) is 0.389. The van der Waals surface area contributed by atoms with Gasteiger partial charge in [-0.05, 0) is 72.5 Å². The van der Waals surface area contributed by atoms with Gasteiger partial charge in [0.2, 0.25) is 11.8 Å². The molecule has 2 aliphatic heterocycles. The van der Waals surface area contributed by atoms with E-state index in [0.29, 0.717) is 19.3 Å². The van der Waals surface area contributed by atoms with Gasteiger partial charge in [-0.25, -0.2) is 4.90 Å². The van der Waals surface area contributed by atoms with Crippen LogP contribution in [-0.2, 0) is 14.2 Å². The monoisotopic (exact) mass is 622 g/mol. The van der Waals surface area contributed by atoms with E-state index < -0.39 is 30.0 Å². The molecule has 9 nitrogen and oxygen atoms in total. The van der Waals surface area contributed by atoms with Crippen molar-refractivity contribution in [2.45, 2.75) is 65.3 Å². The van der Waals surface area contributed by atoms with Crippen LogP contribution in [0.2, 0.25) is 6.32 Å². The number of benzene rings is 3. The molecule has 3 aromatic carbocycles. The molecular weight excluding hydrogens is 583 g/mol. The summed E-state index contributed by atoms with van der Waals surface area (Å²) in [5.74, 6) is -2.01. The standard InChI is InChI=1S/C36H39BN2O7/c1-4-8-22(17-23-14-15-31(40)27-12-6-5-11-26(23)27)13-16-32-33-28(21(2)3)19-29-34(30(33)20-37(43)46-32)36(42)38(35(29)41)24-9-7-10-25(18-24)39(44)45/h5-7,9-12,14-15,17-18,21,29-30,32,34,40,43H,4,8,13,16,19-20H2,1-3H3/b22-17+/t29-,30+,32-,34-/m1/s1. The highest BCUT2D eigenvalue weighted by Gasteiger charge is 2.58. The maximum Gasteiger partial charge on any atom is 0.455 e. The molecule has 2 fully saturated rings. The van der Waals surface area contributed by atoms with E-state index in [0.717, 1.165) is 45.2 Å². The Kier molecular flexibility index (Phi) is 8.85. The summed E-state index contributed by atoms with van der Waals surface area (Å²) in [6.07, 6.45) is 5.54. The lowest BCUT2D eigenvalue weighted by Crippen LogP contribution is -2.46. The molecule has 2 saturated heterocycles. The van der Waals surface area contributed by atoms with Crippen LogP contribution < -0.4 is 4.90 Å². The minimum Gasteiger partial charge on any atom is -0.507 e. The van der Waals surface area contributed by atoms with Crippen LogP contribution in [0.15, 0.2) is 77.4 Å². The van der Waals surface area contributed by atoms with Crippen molar-refractivity contribution in [2.24, 2.45) is 23.7 Å². The predicted octanol–water partition coefficient (Wildman–Crippen LogP) is 7.07. The van der Waals surface area contributed by atoms with Gasteiger partial charge in [0.15, 0.2) is 0 Å². The maximum atomic E-state index is 14.0. The molecule has 3 aromatic rings. The fourth-order valence-electron chi connectivity index (χ4n) is 7.81. The van der Waals surface area contributed by atoms with Crippen molar-refractivity contribution in [3.05, 3.63) is 93.1 Å². The summed E-state index contributed by atoms with van der Waals surface area (Å²) in [5.41, 5.74) is 4.38. The number of allylic oxidation sites excluding steroid dienone is 2. The fourth-order valence-corrected chi connectivity index (χ4v) is 7.81. The van der Waals surface area contributed by atoms with Gasteiger partial charge in [0.1, 0.15) is 5.75 Å². The second-order valence-electron chi connectivity index (χ2n) is 13.0. The molecule has 0 aromatic heterocycles. The number of nitro benzene ring substituents is 1. The zero-order valence-electron chi connectivity index (χ0n) is 26.4. The average molecular weight is 623 g/mol. The largest absolute Gasteiger partial charge is 0.507 e. The molecule has 0 radical (unpaired) electrons. The molecule has 0 spiro atoms. The van der Waals surface area contributed by atoms with Crippen molar-refractivity contribution in [3.63, 3.8) is 0 Å². The van der Waals surface area contributed by atoms with Crippen LogP contribution in [0.4, 0.5) is 11.4 Å². The number of hydrogen-bond donors (Lipinski definition) is 2. The SMILES string of the molecule is CCC/C(=C\c1ccc(O)c2ccccc12)CC[C@H]1OB(O)C[C@H]2C1=C(C(C)C)C[C@H]1C(=O)N(c3cccc([N+](=O)[O-])c3)C(=O)[C@H]12. The molecule has 46 heavy (non-hydrogen) atoms. The molecule has 2 amide bonds. The Balaban J connectivity index is 1.32. The van der Waals surface area contributed by atoms with Crippen molar-refractivity contribution >= 4 is 47.2 Å². The molecular formula is C36H39BN2O7. The normalized spacial score (nSPS) is 23.4. The first-order valence-corrected chi connectivity index (χ1v) is 16.2. The summed E-state index contributed by atoms with van der Waals surface area (Å²) in [7, 11) is -1.08. The second kappa shape index (κ2) is 12.8. The quantitative estimate of drug-likeness (QED) is 0.0858. The van der Waals surface area contributed by atoms with Gasteiger partial charge < -0.3 is 14.8 Å². The number of phenolic OH excluding ortho intramolecular Hbond substituents is 1. The second-order valence-corrected chi connectivity index (χ2v) is 13.0. The third-order valence-electron chi connectivity index (χ3n) is 9.83. The number of non-ortho nitro benzene ring substituents is 1. The number of carbonyl (C=O) groups is 2. The number of anilines is 1. The van der Waals surface area contributed by atoms with Gasteiger partial charge in [-0.3, -0.25) is 19.7 Å². The highest BCUT2D eigenvalue weighted by atomic mass is 16.6. The Hall–Kier alpha value is -4.28. The zero-order valence-corrected chi connectivity index (χ0v) is 26.4. The number of nitrogens with zero attached hydrogens (tertiary/aromatic N) is 2. The first kappa shape index (κ1) is 31.7. The van der Waals surface area contributed by atoms with Gasteiger partial charge in [-0.15, -0.1) is 0 Å². The number of hydrogen-bond acceptors (Lipinski definition) is 7. The third-order valence-corrected chi connectivity index (χ3v) is 9.83. The lowest BCUT2D eigenvalue weighted by Gasteiger charge is -2.44. The van der Waals surface area contributed by atoms with E-state index in [1.807, 2.05) is 30.3 Å². The number of amides is 2. The summed E-state index contributed by atoms with van der Waals surface area (Å²) in [6, 6.07) is 17.1. The minimum atomic E-state index is -1.08. The molecule has 0 unspecified atom stereocenters. The minimum absolute atomic E-state index is 0.101. The molecule has 1 aliphatic carbocycles. The maximum absolute atomic E-state index is 14.0. The lowest BCUT2D eigenvalue weighted by atomic mass is 9.57. The van der Waals surface area contributed by atoms with Gasteiger partial charge in [0.25, 0.3) is 5.69 Å².